The second-order valence-electron chi connectivity index (χ2n) is 2.04. The molecule has 0 fully saturated rings. The van der Waals surface area contributed by atoms with Gasteiger partial charge in [0.2, 0.25) is 0 Å². The molecule has 0 unspecified atom stereocenters. The van der Waals surface area contributed by atoms with E-state index in [4.69, 9.17) is 5.26 Å². The standard InChI is InChI=1S/C7H14N2/c1-3-5-9-7(4-2)6-8/h7,9H,3-5H2,1-2H3/t7-/m0/s1. The molecule has 0 radical (unpaired) electrons. The summed E-state index contributed by atoms with van der Waals surface area (Å²) in [6.45, 7) is 5.06. The van der Waals surface area contributed by atoms with Crippen molar-refractivity contribution in [3.63, 3.8) is 0 Å². The van der Waals surface area contributed by atoms with Gasteiger partial charge in [-0.2, -0.15) is 5.26 Å². The molecule has 1 N–H and O–H groups in total. The molecule has 52 valence electrons. The maximum atomic E-state index is 8.44. The lowest BCUT2D eigenvalue weighted by Crippen LogP contribution is -2.27. The normalized spacial score (nSPS) is 12.6. The van der Waals surface area contributed by atoms with E-state index in [2.05, 4.69) is 18.3 Å². The number of hydrogen-bond donors (Lipinski definition) is 1. The van der Waals surface area contributed by atoms with Crippen molar-refractivity contribution in [2.24, 2.45) is 0 Å². The minimum Gasteiger partial charge on any atom is -0.302 e. The largest absolute Gasteiger partial charge is 0.302 e. The van der Waals surface area contributed by atoms with E-state index in [1.807, 2.05) is 6.92 Å². The zero-order valence-corrected chi connectivity index (χ0v) is 6.15. The summed E-state index contributed by atoms with van der Waals surface area (Å²) in [6, 6.07) is 2.24. The topological polar surface area (TPSA) is 35.8 Å². The van der Waals surface area contributed by atoms with Gasteiger partial charge < -0.3 is 5.32 Å². The Labute approximate surface area is 56.9 Å². The highest BCUT2D eigenvalue weighted by molar-refractivity contribution is 4.87. The first kappa shape index (κ1) is 8.45. The highest BCUT2D eigenvalue weighted by Gasteiger charge is 1.98. The molecule has 0 spiro atoms. The van der Waals surface area contributed by atoms with Gasteiger partial charge in [-0.05, 0) is 19.4 Å². The Kier molecular flexibility index (Phi) is 5.24. The molecule has 0 saturated heterocycles. The molecule has 0 aliphatic rings. The van der Waals surface area contributed by atoms with Crippen molar-refractivity contribution in [1.82, 2.24) is 5.32 Å². The van der Waals surface area contributed by atoms with Crippen molar-refractivity contribution in [3.8, 4) is 6.07 Å². The van der Waals surface area contributed by atoms with Crippen LogP contribution < -0.4 is 5.32 Å². The van der Waals surface area contributed by atoms with Crippen molar-refractivity contribution >= 4 is 0 Å². The molecule has 0 saturated carbocycles. The lowest BCUT2D eigenvalue weighted by Gasteiger charge is -2.05. The Morgan fingerprint density at radius 3 is 2.56 bits per heavy atom. The van der Waals surface area contributed by atoms with E-state index in [-0.39, 0.29) is 6.04 Å². The van der Waals surface area contributed by atoms with Gasteiger partial charge in [-0.1, -0.05) is 13.8 Å². The number of nitrogens with one attached hydrogen (secondary N) is 1. The number of rotatable bonds is 4. The molecular weight excluding hydrogens is 112 g/mol. The van der Waals surface area contributed by atoms with Gasteiger partial charge in [-0.25, -0.2) is 0 Å². The maximum absolute atomic E-state index is 8.44. The first-order valence-corrected chi connectivity index (χ1v) is 3.48. The molecule has 0 aromatic heterocycles. The van der Waals surface area contributed by atoms with Crippen LogP contribution in [-0.4, -0.2) is 12.6 Å². The van der Waals surface area contributed by atoms with Crippen LogP contribution in [0.25, 0.3) is 0 Å². The van der Waals surface area contributed by atoms with E-state index in [0.717, 1.165) is 19.4 Å². The minimum absolute atomic E-state index is 0.0601. The van der Waals surface area contributed by atoms with Crippen molar-refractivity contribution in [3.05, 3.63) is 0 Å². The average Bonchev–Trinajstić information content (AvgIpc) is 1.91. The average molecular weight is 126 g/mol. The van der Waals surface area contributed by atoms with Crippen molar-refractivity contribution in [2.75, 3.05) is 6.54 Å². The summed E-state index contributed by atoms with van der Waals surface area (Å²) < 4.78 is 0. The SMILES string of the molecule is CCCN[C@H](C#N)CC. The molecule has 0 heterocycles. The van der Waals surface area contributed by atoms with Crippen LogP contribution in [0.2, 0.25) is 0 Å². The molecule has 2 nitrogen and oxygen atoms in total. The molecule has 0 aromatic carbocycles. The summed E-state index contributed by atoms with van der Waals surface area (Å²) >= 11 is 0. The summed E-state index contributed by atoms with van der Waals surface area (Å²) in [6.07, 6.45) is 1.99. The third-order valence-corrected chi connectivity index (χ3v) is 1.20. The Morgan fingerprint density at radius 2 is 2.22 bits per heavy atom. The lowest BCUT2D eigenvalue weighted by atomic mass is 10.2. The van der Waals surface area contributed by atoms with E-state index in [0.29, 0.717) is 0 Å². The second-order valence-corrected chi connectivity index (χ2v) is 2.04. The first-order chi connectivity index (χ1) is 4.35. The maximum Gasteiger partial charge on any atom is 0.0950 e. The van der Waals surface area contributed by atoms with E-state index in [1.54, 1.807) is 0 Å². The van der Waals surface area contributed by atoms with Crippen LogP contribution in [0.15, 0.2) is 0 Å². The van der Waals surface area contributed by atoms with Crippen molar-refractivity contribution < 1.29 is 0 Å². The van der Waals surface area contributed by atoms with Crippen LogP contribution in [0, 0.1) is 11.3 Å². The van der Waals surface area contributed by atoms with Crippen LogP contribution in [0.4, 0.5) is 0 Å². The Bertz CT molecular complexity index is 93.6. The van der Waals surface area contributed by atoms with Crippen molar-refractivity contribution in [2.45, 2.75) is 32.7 Å². The van der Waals surface area contributed by atoms with E-state index in [9.17, 15) is 0 Å². The fourth-order valence-electron chi connectivity index (χ4n) is 0.600. The summed E-state index contributed by atoms with van der Waals surface area (Å²) in [7, 11) is 0. The fraction of sp³-hybridized carbons (Fsp3) is 0.857. The Hall–Kier alpha value is -0.550. The first-order valence-electron chi connectivity index (χ1n) is 3.48. The molecule has 0 rings (SSSR count). The molecule has 0 amide bonds. The number of hydrogen-bond acceptors (Lipinski definition) is 2. The molecule has 0 aliphatic carbocycles. The zero-order chi connectivity index (χ0) is 7.11. The highest BCUT2D eigenvalue weighted by Crippen LogP contribution is 1.86. The van der Waals surface area contributed by atoms with Crippen LogP contribution in [0.5, 0.6) is 0 Å². The van der Waals surface area contributed by atoms with Crippen LogP contribution in [0.1, 0.15) is 26.7 Å². The van der Waals surface area contributed by atoms with Gasteiger partial charge in [0.25, 0.3) is 0 Å². The predicted molar refractivity (Wildman–Crippen MR) is 38.0 cm³/mol. The molecule has 1 atom stereocenters. The highest BCUT2D eigenvalue weighted by atomic mass is 14.9. The van der Waals surface area contributed by atoms with Gasteiger partial charge in [0, 0.05) is 0 Å². The molecule has 0 bridgehead atoms. The minimum atomic E-state index is 0.0601. The summed E-state index contributed by atoms with van der Waals surface area (Å²) in [5, 5.41) is 11.5. The zero-order valence-electron chi connectivity index (χ0n) is 6.15. The van der Waals surface area contributed by atoms with Gasteiger partial charge in [0.05, 0.1) is 12.1 Å². The van der Waals surface area contributed by atoms with Crippen LogP contribution in [0.3, 0.4) is 0 Å². The van der Waals surface area contributed by atoms with Crippen LogP contribution >= 0.6 is 0 Å². The fourth-order valence-corrected chi connectivity index (χ4v) is 0.600. The van der Waals surface area contributed by atoms with Gasteiger partial charge in [-0.3, -0.25) is 0 Å². The van der Waals surface area contributed by atoms with Gasteiger partial charge in [-0.15, -0.1) is 0 Å². The van der Waals surface area contributed by atoms with Crippen molar-refractivity contribution in [1.29, 1.82) is 5.26 Å². The molecule has 0 aromatic rings. The quantitative estimate of drug-likeness (QED) is 0.616. The molecule has 9 heavy (non-hydrogen) atoms. The molecular formula is C7H14N2. The Balaban J connectivity index is 3.23. The number of nitriles is 1. The Morgan fingerprint density at radius 1 is 1.56 bits per heavy atom. The third kappa shape index (κ3) is 3.99. The second kappa shape index (κ2) is 5.58. The number of nitrogens with zero attached hydrogens (tertiary/aromatic N) is 1. The predicted octanol–water partition coefficient (Wildman–Crippen LogP) is 1.29. The van der Waals surface area contributed by atoms with Gasteiger partial charge in [0.15, 0.2) is 0 Å². The van der Waals surface area contributed by atoms with Gasteiger partial charge in [0.1, 0.15) is 0 Å². The summed E-state index contributed by atoms with van der Waals surface area (Å²) in [5.74, 6) is 0. The third-order valence-electron chi connectivity index (χ3n) is 1.20. The van der Waals surface area contributed by atoms with Gasteiger partial charge >= 0.3 is 0 Å². The van der Waals surface area contributed by atoms with E-state index in [1.165, 1.54) is 0 Å². The summed E-state index contributed by atoms with van der Waals surface area (Å²) in [4.78, 5) is 0. The smallest absolute Gasteiger partial charge is 0.0950 e. The van der Waals surface area contributed by atoms with E-state index >= 15 is 0 Å². The molecule has 0 aliphatic heterocycles. The van der Waals surface area contributed by atoms with E-state index < -0.39 is 0 Å². The summed E-state index contributed by atoms with van der Waals surface area (Å²) in [5.41, 5.74) is 0. The van der Waals surface area contributed by atoms with Crippen LogP contribution in [-0.2, 0) is 0 Å². The lowest BCUT2D eigenvalue weighted by molar-refractivity contribution is 0.582. The molecule has 2 heteroatoms. The monoisotopic (exact) mass is 126 g/mol.